The van der Waals surface area contributed by atoms with Crippen molar-refractivity contribution in [2.45, 2.75) is 42.8 Å². The lowest BCUT2D eigenvalue weighted by Crippen LogP contribution is -2.39. The van der Waals surface area contributed by atoms with E-state index in [2.05, 4.69) is 41.5 Å². The highest BCUT2D eigenvalue weighted by molar-refractivity contribution is 7.92. The van der Waals surface area contributed by atoms with Crippen molar-refractivity contribution in [3.8, 4) is 5.75 Å². The van der Waals surface area contributed by atoms with E-state index in [1.807, 2.05) is 0 Å². The van der Waals surface area contributed by atoms with Crippen LogP contribution in [0.5, 0.6) is 5.75 Å². The number of thiazole rings is 1. The fraction of sp³-hybridized carbons (Fsp3) is 0.375. The summed E-state index contributed by atoms with van der Waals surface area (Å²) in [6.45, 7) is 3.47. The number of rotatable bonds is 7. The fourth-order valence-corrected chi connectivity index (χ4v) is 7.06. The molecular weight excluding hydrogens is 464 g/mol. The Morgan fingerprint density at radius 3 is 2.47 bits per heavy atom. The summed E-state index contributed by atoms with van der Waals surface area (Å²) < 4.78 is 31.8. The first-order valence-corrected chi connectivity index (χ1v) is 13.6. The number of piperidine rings is 1. The van der Waals surface area contributed by atoms with Crippen molar-refractivity contribution in [1.82, 2.24) is 4.98 Å². The monoisotopic (exact) mass is 490 g/mol. The smallest absolute Gasteiger partial charge is 0.185 e. The lowest BCUT2D eigenvalue weighted by molar-refractivity contribution is 0.402. The molecule has 4 rings (SSSR count). The topological polar surface area (TPSA) is 59.5 Å². The largest absolute Gasteiger partial charge is 0.495 e. The number of methoxy groups -OCH3 is 1. The van der Waals surface area contributed by atoms with Crippen molar-refractivity contribution in [3.05, 3.63) is 69.7 Å². The average molecular weight is 491 g/mol. The van der Waals surface area contributed by atoms with Crippen LogP contribution in [0.2, 0.25) is 5.02 Å². The molecule has 1 aliphatic rings. The van der Waals surface area contributed by atoms with Crippen LogP contribution in [0.1, 0.15) is 36.6 Å². The highest BCUT2D eigenvalue weighted by Gasteiger charge is 2.34. The number of anilines is 1. The first-order valence-electron chi connectivity index (χ1n) is 10.7. The van der Waals surface area contributed by atoms with Crippen molar-refractivity contribution < 1.29 is 13.2 Å². The molecule has 2 heterocycles. The molecule has 3 aromatic rings. The second-order valence-electron chi connectivity index (χ2n) is 7.99. The van der Waals surface area contributed by atoms with Crippen molar-refractivity contribution in [2.24, 2.45) is 0 Å². The van der Waals surface area contributed by atoms with E-state index < -0.39 is 15.1 Å². The van der Waals surface area contributed by atoms with E-state index in [9.17, 15) is 8.42 Å². The van der Waals surface area contributed by atoms with Crippen LogP contribution >= 0.6 is 22.9 Å². The summed E-state index contributed by atoms with van der Waals surface area (Å²) in [5.41, 5.74) is 3.63. The Hall–Kier alpha value is -2.09. The van der Waals surface area contributed by atoms with Gasteiger partial charge in [-0.2, -0.15) is 0 Å². The van der Waals surface area contributed by atoms with E-state index in [1.54, 1.807) is 23.5 Å². The van der Waals surface area contributed by atoms with Crippen LogP contribution < -0.4 is 9.64 Å². The van der Waals surface area contributed by atoms with Gasteiger partial charge < -0.3 is 9.64 Å². The molecule has 8 heteroatoms. The Morgan fingerprint density at radius 2 is 1.81 bits per heavy atom. The zero-order valence-electron chi connectivity index (χ0n) is 18.3. The molecule has 0 spiro atoms. The number of ether oxygens (including phenoxy) is 1. The van der Waals surface area contributed by atoms with Gasteiger partial charge >= 0.3 is 0 Å². The highest BCUT2D eigenvalue weighted by Crippen LogP contribution is 2.34. The summed E-state index contributed by atoms with van der Waals surface area (Å²) in [5, 5.41) is 2.99. The number of hydrogen-bond acceptors (Lipinski definition) is 6. The molecule has 32 heavy (non-hydrogen) atoms. The van der Waals surface area contributed by atoms with Crippen molar-refractivity contribution in [3.63, 3.8) is 0 Å². The maximum absolute atomic E-state index is 13.2. The Bertz CT molecular complexity index is 1170. The van der Waals surface area contributed by atoms with Gasteiger partial charge in [-0.05, 0) is 48.6 Å². The number of nitrogens with zero attached hydrogens (tertiary/aromatic N) is 2. The van der Waals surface area contributed by atoms with E-state index >= 15 is 0 Å². The highest BCUT2D eigenvalue weighted by atomic mass is 35.5. The number of aromatic nitrogens is 1. The molecule has 1 saturated heterocycles. The lowest BCUT2D eigenvalue weighted by Gasteiger charge is -2.31. The third-order valence-corrected chi connectivity index (χ3v) is 9.41. The van der Waals surface area contributed by atoms with Gasteiger partial charge in [-0.15, -0.1) is 11.3 Å². The summed E-state index contributed by atoms with van der Waals surface area (Å²) in [6.07, 6.45) is 2.94. The number of halogens is 1. The molecule has 1 fully saturated rings. The Balaban J connectivity index is 1.41. The Morgan fingerprint density at radius 1 is 1.12 bits per heavy atom. The van der Waals surface area contributed by atoms with Crippen LogP contribution in [-0.2, 0) is 22.7 Å². The molecular formula is C24H27ClN2O3S2. The lowest BCUT2D eigenvalue weighted by atomic mass is 10.1. The van der Waals surface area contributed by atoms with Crippen LogP contribution in [0, 0.1) is 0 Å². The maximum atomic E-state index is 13.2. The van der Waals surface area contributed by atoms with Crippen LogP contribution in [0.4, 0.5) is 5.13 Å². The predicted octanol–water partition coefficient (Wildman–Crippen LogP) is 5.40. The van der Waals surface area contributed by atoms with Gasteiger partial charge in [0.05, 0.1) is 18.1 Å². The van der Waals surface area contributed by atoms with E-state index in [1.165, 1.54) is 24.3 Å². The summed E-state index contributed by atoms with van der Waals surface area (Å²) in [4.78, 5) is 7.18. The summed E-state index contributed by atoms with van der Waals surface area (Å²) in [6, 6.07) is 13.4. The molecule has 5 nitrogen and oxygen atoms in total. The number of aryl methyl sites for hydroxylation is 1. The van der Waals surface area contributed by atoms with Gasteiger partial charge in [0, 0.05) is 29.9 Å². The number of sulfone groups is 1. The first-order chi connectivity index (χ1) is 15.4. The van der Waals surface area contributed by atoms with Crippen LogP contribution in [0.15, 0.2) is 52.7 Å². The van der Waals surface area contributed by atoms with E-state index in [0.29, 0.717) is 36.7 Å². The molecule has 0 N–H and O–H groups in total. The fourth-order valence-electron chi connectivity index (χ4n) is 4.03. The first kappa shape index (κ1) is 23.1. The van der Waals surface area contributed by atoms with Gasteiger partial charge in [-0.25, -0.2) is 13.4 Å². The molecule has 0 radical (unpaired) electrons. The number of hydrogen-bond donors (Lipinski definition) is 0. The Labute approximate surface area is 198 Å². The molecule has 0 unspecified atom stereocenters. The minimum absolute atomic E-state index is 0.177. The van der Waals surface area contributed by atoms with Gasteiger partial charge in [-0.3, -0.25) is 0 Å². The molecule has 0 aliphatic carbocycles. The van der Waals surface area contributed by atoms with Crippen molar-refractivity contribution in [2.75, 3.05) is 25.1 Å². The number of benzene rings is 2. The van der Waals surface area contributed by atoms with E-state index in [-0.39, 0.29) is 4.90 Å². The normalized spacial score (nSPS) is 15.2. The second kappa shape index (κ2) is 9.81. The molecule has 170 valence electrons. The van der Waals surface area contributed by atoms with E-state index in [4.69, 9.17) is 21.3 Å². The van der Waals surface area contributed by atoms with Gasteiger partial charge in [0.2, 0.25) is 0 Å². The molecule has 1 aliphatic heterocycles. The Kier molecular flexibility index (Phi) is 7.08. The minimum Gasteiger partial charge on any atom is -0.495 e. The average Bonchev–Trinajstić information content (AvgIpc) is 3.28. The minimum atomic E-state index is -3.53. The second-order valence-corrected chi connectivity index (χ2v) is 11.5. The molecule has 2 aromatic carbocycles. The quantitative estimate of drug-likeness (QED) is 0.443. The summed E-state index contributed by atoms with van der Waals surface area (Å²) >= 11 is 7.69. The molecule has 1 aromatic heterocycles. The zero-order chi connectivity index (χ0) is 22.7. The summed E-state index contributed by atoms with van der Waals surface area (Å²) in [5.74, 6) is 0.341. The van der Waals surface area contributed by atoms with Crippen LogP contribution in [0.25, 0.3) is 0 Å². The molecule has 0 atom stereocenters. The third-order valence-electron chi connectivity index (χ3n) is 5.94. The van der Waals surface area contributed by atoms with Crippen molar-refractivity contribution >= 4 is 37.9 Å². The van der Waals surface area contributed by atoms with Gasteiger partial charge in [0.15, 0.2) is 15.0 Å². The van der Waals surface area contributed by atoms with Gasteiger partial charge in [-0.1, -0.05) is 42.8 Å². The van der Waals surface area contributed by atoms with E-state index in [0.717, 1.165) is 23.7 Å². The molecule has 0 amide bonds. The summed E-state index contributed by atoms with van der Waals surface area (Å²) in [7, 11) is -2.05. The van der Waals surface area contributed by atoms with Crippen LogP contribution in [0.3, 0.4) is 0 Å². The molecule has 0 bridgehead atoms. The maximum Gasteiger partial charge on any atom is 0.185 e. The molecule has 0 saturated carbocycles. The van der Waals surface area contributed by atoms with Gasteiger partial charge in [0.25, 0.3) is 0 Å². The zero-order valence-corrected chi connectivity index (χ0v) is 20.6. The van der Waals surface area contributed by atoms with Crippen molar-refractivity contribution in [1.29, 1.82) is 0 Å². The SMILES string of the molecule is CCc1ccc(Cc2csc(N3CCC(S(=O)(=O)c4cc(Cl)ccc4OC)CC3)n2)cc1. The van der Waals surface area contributed by atoms with Gasteiger partial charge in [0.1, 0.15) is 10.6 Å². The predicted molar refractivity (Wildman–Crippen MR) is 131 cm³/mol. The third kappa shape index (κ3) is 4.95. The standard InChI is InChI=1S/C24H27ClN2O3S2/c1-3-17-4-6-18(7-5-17)14-20-16-31-24(26-20)27-12-10-21(11-13-27)32(28,29)23-15-19(25)8-9-22(23)30-2/h4-9,15-16,21H,3,10-14H2,1-2H3. The van der Waals surface area contributed by atoms with Crippen LogP contribution in [-0.4, -0.2) is 38.9 Å².